The molecule has 0 saturated carbocycles. The zero-order valence-corrected chi connectivity index (χ0v) is 8.84. The van der Waals surface area contributed by atoms with Crippen molar-refractivity contribution >= 4 is 0 Å². The third-order valence-corrected chi connectivity index (χ3v) is 2.12. The van der Waals surface area contributed by atoms with Gasteiger partial charge in [0, 0.05) is 6.04 Å². The van der Waals surface area contributed by atoms with Gasteiger partial charge in [-0.25, -0.2) is 0 Å². The highest BCUT2D eigenvalue weighted by molar-refractivity contribution is 4.67. The van der Waals surface area contributed by atoms with Gasteiger partial charge in [-0.3, -0.25) is 0 Å². The van der Waals surface area contributed by atoms with E-state index in [1.54, 1.807) is 6.08 Å². The molecule has 1 saturated heterocycles. The first-order valence-corrected chi connectivity index (χ1v) is 5.03. The van der Waals surface area contributed by atoms with Crippen molar-refractivity contribution in [3.8, 4) is 0 Å². The van der Waals surface area contributed by atoms with E-state index >= 15 is 0 Å². The van der Waals surface area contributed by atoms with Crippen molar-refractivity contribution in [3.05, 3.63) is 12.7 Å². The number of allylic oxidation sites excluding steroid dienone is 1. The second kappa shape index (κ2) is 7.35. The Morgan fingerprint density at radius 1 is 1.17 bits per heavy atom. The molecule has 1 aliphatic heterocycles. The minimum absolute atomic E-state index is 0.769. The summed E-state index contributed by atoms with van der Waals surface area (Å²) in [6.07, 6.45) is 6.03. The molecule has 1 fully saturated rings. The summed E-state index contributed by atoms with van der Waals surface area (Å²) >= 11 is 0. The lowest BCUT2D eigenvalue weighted by Crippen LogP contribution is -2.35. The van der Waals surface area contributed by atoms with E-state index in [1.165, 1.54) is 32.4 Å². The predicted octanol–water partition coefficient (Wildman–Crippen LogP) is 3.07. The third kappa shape index (κ3) is 5.36. The van der Waals surface area contributed by atoms with Gasteiger partial charge in [-0.1, -0.05) is 12.5 Å². The monoisotopic (exact) mass is 169 g/mol. The van der Waals surface area contributed by atoms with E-state index in [1.807, 2.05) is 6.92 Å². The summed E-state index contributed by atoms with van der Waals surface area (Å²) in [6, 6.07) is 0.769. The maximum atomic E-state index is 3.36. The van der Waals surface area contributed by atoms with Crippen molar-refractivity contribution in [2.75, 3.05) is 13.1 Å². The van der Waals surface area contributed by atoms with Crippen molar-refractivity contribution in [1.82, 2.24) is 4.90 Å². The molecule has 0 aliphatic carbocycles. The Morgan fingerprint density at radius 2 is 1.58 bits per heavy atom. The molecular weight excluding hydrogens is 146 g/mol. The molecule has 0 bridgehead atoms. The van der Waals surface area contributed by atoms with Crippen LogP contribution in [0.1, 0.15) is 40.0 Å². The summed E-state index contributed by atoms with van der Waals surface area (Å²) in [5, 5.41) is 0. The number of piperidine rings is 1. The smallest absolute Gasteiger partial charge is 0.00385 e. The first kappa shape index (κ1) is 11.7. The molecule has 0 amide bonds. The molecule has 0 unspecified atom stereocenters. The quantitative estimate of drug-likeness (QED) is 0.545. The Bertz CT molecular complexity index is 102. The molecule has 0 N–H and O–H groups in total. The van der Waals surface area contributed by atoms with Crippen molar-refractivity contribution in [2.24, 2.45) is 0 Å². The van der Waals surface area contributed by atoms with Crippen LogP contribution in [0.2, 0.25) is 0 Å². The van der Waals surface area contributed by atoms with Crippen LogP contribution in [0, 0.1) is 0 Å². The van der Waals surface area contributed by atoms with Crippen molar-refractivity contribution in [3.63, 3.8) is 0 Å². The van der Waals surface area contributed by atoms with E-state index in [0.29, 0.717) is 0 Å². The summed E-state index contributed by atoms with van der Waals surface area (Å²) in [6.45, 7) is 12.5. The Hall–Kier alpha value is -0.300. The maximum Gasteiger partial charge on any atom is 0.00385 e. The number of rotatable bonds is 1. The fourth-order valence-corrected chi connectivity index (χ4v) is 1.43. The van der Waals surface area contributed by atoms with Gasteiger partial charge < -0.3 is 4.90 Å². The molecule has 1 heterocycles. The van der Waals surface area contributed by atoms with Crippen LogP contribution in [0.5, 0.6) is 0 Å². The molecule has 0 atom stereocenters. The summed E-state index contributed by atoms with van der Waals surface area (Å²) in [4.78, 5) is 2.56. The SMILES string of the molecule is C=CC.CC(C)N1CCCCC1. The number of nitrogens with zero attached hydrogens (tertiary/aromatic N) is 1. The van der Waals surface area contributed by atoms with E-state index in [-0.39, 0.29) is 0 Å². The molecule has 72 valence electrons. The summed E-state index contributed by atoms with van der Waals surface area (Å²) in [5.41, 5.74) is 0. The van der Waals surface area contributed by atoms with Gasteiger partial charge >= 0.3 is 0 Å². The topological polar surface area (TPSA) is 3.24 Å². The van der Waals surface area contributed by atoms with Crippen LogP contribution in [0.25, 0.3) is 0 Å². The fraction of sp³-hybridized carbons (Fsp3) is 0.818. The van der Waals surface area contributed by atoms with E-state index in [9.17, 15) is 0 Å². The Morgan fingerprint density at radius 3 is 1.83 bits per heavy atom. The van der Waals surface area contributed by atoms with Gasteiger partial charge in [-0.15, -0.1) is 6.58 Å². The average Bonchev–Trinajstić information content (AvgIpc) is 2.07. The van der Waals surface area contributed by atoms with Crippen molar-refractivity contribution in [2.45, 2.75) is 46.1 Å². The molecule has 1 heteroatoms. The fourth-order valence-electron chi connectivity index (χ4n) is 1.43. The molecule has 0 aromatic heterocycles. The molecule has 0 spiro atoms. The van der Waals surface area contributed by atoms with E-state index in [2.05, 4.69) is 25.3 Å². The van der Waals surface area contributed by atoms with Crippen LogP contribution in [-0.2, 0) is 0 Å². The number of hydrogen-bond donors (Lipinski definition) is 0. The molecule has 12 heavy (non-hydrogen) atoms. The van der Waals surface area contributed by atoms with Crippen LogP contribution in [-0.4, -0.2) is 24.0 Å². The highest BCUT2D eigenvalue weighted by Crippen LogP contribution is 2.10. The molecule has 1 rings (SSSR count). The zero-order chi connectivity index (χ0) is 9.40. The molecule has 0 aromatic carbocycles. The molecule has 1 nitrogen and oxygen atoms in total. The largest absolute Gasteiger partial charge is 0.301 e. The maximum absolute atomic E-state index is 3.36. The first-order chi connectivity index (χ1) is 5.72. The van der Waals surface area contributed by atoms with Crippen LogP contribution in [0.4, 0.5) is 0 Å². The second-order valence-electron chi connectivity index (χ2n) is 3.60. The Labute approximate surface area is 77.5 Å². The summed E-state index contributed by atoms with van der Waals surface area (Å²) < 4.78 is 0. The first-order valence-electron chi connectivity index (χ1n) is 5.03. The summed E-state index contributed by atoms with van der Waals surface area (Å²) in [7, 11) is 0. The van der Waals surface area contributed by atoms with Gasteiger partial charge in [0.05, 0.1) is 0 Å². The van der Waals surface area contributed by atoms with E-state index in [4.69, 9.17) is 0 Å². The van der Waals surface area contributed by atoms with Gasteiger partial charge in [-0.05, 0) is 46.7 Å². The molecule has 1 aliphatic rings. The minimum Gasteiger partial charge on any atom is -0.301 e. The predicted molar refractivity (Wildman–Crippen MR) is 56.4 cm³/mol. The number of likely N-dealkylation sites (tertiary alicyclic amines) is 1. The van der Waals surface area contributed by atoms with Gasteiger partial charge in [0.2, 0.25) is 0 Å². The Balaban J connectivity index is 0.000000354. The third-order valence-electron chi connectivity index (χ3n) is 2.12. The van der Waals surface area contributed by atoms with Crippen LogP contribution in [0.3, 0.4) is 0 Å². The number of hydrogen-bond acceptors (Lipinski definition) is 1. The van der Waals surface area contributed by atoms with E-state index in [0.717, 1.165) is 6.04 Å². The highest BCUT2D eigenvalue weighted by atomic mass is 15.1. The van der Waals surface area contributed by atoms with Crippen LogP contribution in [0.15, 0.2) is 12.7 Å². The zero-order valence-electron chi connectivity index (χ0n) is 8.84. The lowest BCUT2D eigenvalue weighted by atomic mass is 10.1. The van der Waals surface area contributed by atoms with Crippen molar-refractivity contribution in [1.29, 1.82) is 0 Å². The molecular formula is C11H23N. The normalized spacial score (nSPS) is 18.3. The van der Waals surface area contributed by atoms with Gasteiger partial charge in [-0.2, -0.15) is 0 Å². The van der Waals surface area contributed by atoms with Crippen LogP contribution >= 0.6 is 0 Å². The van der Waals surface area contributed by atoms with E-state index < -0.39 is 0 Å². The average molecular weight is 169 g/mol. The van der Waals surface area contributed by atoms with Crippen LogP contribution < -0.4 is 0 Å². The molecule has 0 aromatic rings. The van der Waals surface area contributed by atoms with Gasteiger partial charge in [0.25, 0.3) is 0 Å². The Kier molecular flexibility index (Phi) is 7.17. The lowest BCUT2D eigenvalue weighted by Gasteiger charge is -2.29. The summed E-state index contributed by atoms with van der Waals surface area (Å²) in [5.74, 6) is 0. The second-order valence-corrected chi connectivity index (χ2v) is 3.60. The minimum atomic E-state index is 0.769. The lowest BCUT2D eigenvalue weighted by molar-refractivity contribution is 0.185. The van der Waals surface area contributed by atoms with Crippen molar-refractivity contribution < 1.29 is 0 Å². The highest BCUT2D eigenvalue weighted by Gasteiger charge is 2.11. The van der Waals surface area contributed by atoms with Gasteiger partial charge in [0.15, 0.2) is 0 Å². The standard InChI is InChI=1S/C8H17N.C3H6/c1-8(2)9-6-4-3-5-7-9;1-3-2/h8H,3-7H2,1-2H3;3H,1H2,2H3. The molecule has 0 radical (unpaired) electrons. The van der Waals surface area contributed by atoms with Gasteiger partial charge in [0.1, 0.15) is 0 Å².